The van der Waals surface area contributed by atoms with Crippen molar-refractivity contribution in [1.29, 1.82) is 0 Å². The van der Waals surface area contributed by atoms with E-state index in [1.54, 1.807) is 23.1 Å². The van der Waals surface area contributed by atoms with E-state index in [1.165, 1.54) is 6.07 Å². The van der Waals surface area contributed by atoms with Crippen LogP contribution in [0.1, 0.15) is 19.4 Å². The van der Waals surface area contributed by atoms with Crippen LogP contribution in [0.4, 0.5) is 9.18 Å². The predicted molar refractivity (Wildman–Crippen MR) is 77.3 cm³/mol. The van der Waals surface area contributed by atoms with E-state index in [1.807, 2.05) is 13.8 Å². The van der Waals surface area contributed by atoms with Gasteiger partial charge in [-0.1, -0.05) is 18.2 Å². The highest BCUT2D eigenvalue weighted by atomic mass is 19.1. The first kappa shape index (κ1) is 15.3. The number of halogens is 1. The van der Waals surface area contributed by atoms with E-state index in [9.17, 15) is 14.0 Å². The van der Waals surface area contributed by atoms with Gasteiger partial charge in [0.05, 0.1) is 6.54 Å². The summed E-state index contributed by atoms with van der Waals surface area (Å²) < 4.78 is 13.4. The Labute approximate surface area is 123 Å². The molecule has 0 aromatic heterocycles. The topological polar surface area (TPSA) is 61.4 Å². The number of rotatable bonds is 5. The Balaban J connectivity index is 1.81. The first-order valence-electron chi connectivity index (χ1n) is 7.07. The smallest absolute Gasteiger partial charge is 0.318 e. The lowest BCUT2D eigenvalue weighted by molar-refractivity contribution is -0.122. The van der Waals surface area contributed by atoms with Crippen molar-refractivity contribution in [3.8, 4) is 0 Å². The van der Waals surface area contributed by atoms with Gasteiger partial charge in [0.1, 0.15) is 11.9 Å². The number of carbonyl (C=O) groups is 2. The van der Waals surface area contributed by atoms with E-state index in [-0.39, 0.29) is 23.8 Å². The largest absolute Gasteiger partial charge is 0.354 e. The average Bonchev–Trinajstić information content (AvgIpc) is 2.83. The SMILES string of the molecule is CC(C)N1CC(C(=O)NCCc2ccccc2F)NC1=O. The Bertz CT molecular complexity index is 533. The summed E-state index contributed by atoms with van der Waals surface area (Å²) in [5.41, 5.74) is 0.567. The lowest BCUT2D eigenvalue weighted by Gasteiger charge is -2.18. The van der Waals surface area contributed by atoms with Crippen LogP contribution in [0, 0.1) is 5.82 Å². The number of nitrogens with one attached hydrogen (secondary N) is 2. The molecular formula is C15H20FN3O2. The van der Waals surface area contributed by atoms with Crippen molar-refractivity contribution >= 4 is 11.9 Å². The molecular weight excluding hydrogens is 273 g/mol. The standard InChI is InChI=1S/C15H20FN3O2/c1-10(2)19-9-13(18-15(19)21)14(20)17-8-7-11-5-3-4-6-12(11)16/h3-6,10,13H,7-9H2,1-2H3,(H,17,20)(H,18,21). The summed E-state index contributed by atoms with van der Waals surface area (Å²) in [4.78, 5) is 25.3. The summed E-state index contributed by atoms with van der Waals surface area (Å²) in [6.45, 7) is 4.51. The Morgan fingerprint density at radius 1 is 1.48 bits per heavy atom. The number of amides is 3. The molecule has 0 aliphatic carbocycles. The van der Waals surface area contributed by atoms with E-state index in [4.69, 9.17) is 0 Å². The van der Waals surface area contributed by atoms with E-state index < -0.39 is 6.04 Å². The lowest BCUT2D eigenvalue weighted by atomic mass is 10.1. The first-order chi connectivity index (χ1) is 9.99. The molecule has 2 N–H and O–H groups in total. The Hall–Kier alpha value is -2.11. The van der Waals surface area contributed by atoms with Crippen molar-refractivity contribution in [2.45, 2.75) is 32.4 Å². The second-order valence-electron chi connectivity index (χ2n) is 5.38. The molecule has 1 saturated heterocycles. The summed E-state index contributed by atoms with van der Waals surface area (Å²) in [7, 11) is 0. The number of hydrogen-bond donors (Lipinski definition) is 2. The summed E-state index contributed by atoms with van der Waals surface area (Å²) in [6, 6.07) is 5.78. The summed E-state index contributed by atoms with van der Waals surface area (Å²) in [6.07, 6.45) is 0.424. The fourth-order valence-electron chi connectivity index (χ4n) is 2.30. The van der Waals surface area contributed by atoms with Crippen LogP contribution in [0.5, 0.6) is 0 Å². The molecule has 0 bridgehead atoms. The second-order valence-corrected chi connectivity index (χ2v) is 5.38. The minimum atomic E-state index is -0.541. The summed E-state index contributed by atoms with van der Waals surface area (Å²) in [5.74, 6) is -0.505. The Morgan fingerprint density at radius 3 is 2.81 bits per heavy atom. The van der Waals surface area contributed by atoms with Gasteiger partial charge >= 0.3 is 6.03 Å². The van der Waals surface area contributed by atoms with Crippen molar-refractivity contribution in [3.05, 3.63) is 35.6 Å². The van der Waals surface area contributed by atoms with Gasteiger partial charge in [-0.2, -0.15) is 0 Å². The van der Waals surface area contributed by atoms with Gasteiger partial charge in [0.2, 0.25) is 5.91 Å². The first-order valence-corrected chi connectivity index (χ1v) is 7.07. The van der Waals surface area contributed by atoms with Crippen molar-refractivity contribution < 1.29 is 14.0 Å². The van der Waals surface area contributed by atoms with Crippen LogP contribution < -0.4 is 10.6 Å². The third-order valence-electron chi connectivity index (χ3n) is 3.53. The van der Waals surface area contributed by atoms with E-state index in [0.717, 1.165) is 0 Å². The molecule has 1 unspecified atom stereocenters. The van der Waals surface area contributed by atoms with Crippen molar-refractivity contribution in [1.82, 2.24) is 15.5 Å². The Morgan fingerprint density at radius 2 is 2.19 bits per heavy atom. The van der Waals surface area contributed by atoms with Gasteiger partial charge in [-0.15, -0.1) is 0 Å². The molecule has 1 aliphatic heterocycles. The predicted octanol–water partition coefficient (Wildman–Crippen LogP) is 1.29. The molecule has 21 heavy (non-hydrogen) atoms. The van der Waals surface area contributed by atoms with Gasteiger partial charge in [0.25, 0.3) is 0 Å². The zero-order chi connectivity index (χ0) is 15.4. The van der Waals surface area contributed by atoms with Gasteiger partial charge in [-0.3, -0.25) is 4.79 Å². The molecule has 1 heterocycles. The lowest BCUT2D eigenvalue weighted by Crippen LogP contribution is -2.43. The van der Waals surface area contributed by atoms with Crippen LogP contribution in [0.3, 0.4) is 0 Å². The van der Waals surface area contributed by atoms with Crippen molar-refractivity contribution in [2.24, 2.45) is 0 Å². The minimum Gasteiger partial charge on any atom is -0.354 e. The maximum atomic E-state index is 13.4. The normalized spacial score (nSPS) is 18.0. The molecule has 2 rings (SSSR count). The minimum absolute atomic E-state index is 0.0567. The van der Waals surface area contributed by atoms with E-state index in [0.29, 0.717) is 25.1 Å². The molecule has 5 nitrogen and oxygen atoms in total. The second kappa shape index (κ2) is 6.56. The highest BCUT2D eigenvalue weighted by molar-refractivity contribution is 5.90. The van der Waals surface area contributed by atoms with Crippen LogP contribution in [0.15, 0.2) is 24.3 Å². The van der Waals surface area contributed by atoms with Crippen LogP contribution in [0.2, 0.25) is 0 Å². The molecule has 1 aromatic carbocycles. The van der Waals surface area contributed by atoms with Gasteiger partial charge in [-0.05, 0) is 31.9 Å². The highest BCUT2D eigenvalue weighted by Gasteiger charge is 2.34. The number of hydrogen-bond acceptors (Lipinski definition) is 2. The van der Waals surface area contributed by atoms with Gasteiger partial charge in [0, 0.05) is 12.6 Å². The molecule has 0 spiro atoms. The van der Waals surface area contributed by atoms with E-state index in [2.05, 4.69) is 10.6 Å². The third-order valence-corrected chi connectivity index (χ3v) is 3.53. The number of nitrogens with zero attached hydrogens (tertiary/aromatic N) is 1. The molecule has 1 aliphatic rings. The fraction of sp³-hybridized carbons (Fsp3) is 0.467. The van der Waals surface area contributed by atoms with Crippen LogP contribution in [0.25, 0.3) is 0 Å². The van der Waals surface area contributed by atoms with Crippen LogP contribution >= 0.6 is 0 Å². The third kappa shape index (κ3) is 3.71. The molecule has 1 aromatic rings. The monoisotopic (exact) mass is 293 g/mol. The highest BCUT2D eigenvalue weighted by Crippen LogP contribution is 2.09. The molecule has 6 heteroatoms. The summed E-state index contributed by atoms with van der Waals surface area (Å²) >= 11 is 0. The zero-order valence-corrected chi connectivity index (χ0v) is 12.2. The maximum absolute atomic E-state index is 13.4. The quantitative estimate of drug-likeness (QED) is 0.859. The molecule has 0 radical (unpaired) electrons. The van der Waals surface area contributed by atoms with Gasteiger partial charge in [0.15, 0.2) is 0 Å². The molecule has 3 amide bonds. The van der Waals surface area contributed by atoms with Gasteiger partial charge < -0.3 is 15.5 Å². The number of urea groups is 1. The molecule has 0 saturated carbocycles. The fourth-order valence-corrected chi connectivity index (χ4v) is 2.30. The van der Waals surface area contributed by atoms with Gasteiger partial charge in [-0.25, -0.2) is 9.18 Å². The van der Waals surface area contributed by atoms with E-state index >= 15 is 0 Å². The van der Waals surface area contributed by atoms with Crippen molar-refractivity contribution in [2.75, 3.05) is 13.1 Å². The molecule has 1 atom stereocenters. The number of benzene rings is 1. The number of carbonyl (C=O) groups excluding carboxylic acids is 2. The Kier molecular flexibility index (Phi) is 4.77. The van der Waals surface area contributed by atoms with Crippen LogP contribution in [-0.2, 0) is 11.2 Å². The molecule has 114 valence electrons. The van der Waals surface area contributed by atoms with Crippen LogP contribution in [-0.4, -0.2) is 42.0 Å². The zero-order valence-electron chi connectivity index (χ0n) is 12.2. The average molecular weight is 293 g/mol. The van der Waals surface area contributed by atoms with Crippen molar-refractivity contribution in [3.63, 3.8) is 0 Å². The maximum Gasteiger partial charge on any atom is 0.318 e. The summed E-state index contributed by atoms with van der Waals surface area (Å²) in [5, 5.41) is 5.38. The molecule has 1 fully saturated rings.